The number of nitrogens with zero attached hydrogens (tertiary/aromatic N) is 2. The van der Waals surface area contributed by atoms with Gasteiger partial charge in [-0.25, -0.2) is 0 Å². The number of piperidine rings is 1. The zero-order valence-electron chi connectivity index (χ0n) is 13.2. The van der Waals surface area contributed by atoms with Crippen LogP contribution in [0.2, 0.25) is 0 Å². The second-order valence-corrected chi connectivity index (χ2v) is 6.48. The molecule has 0 aromatic carbocycles. The minimum Gasteiger partial charge on any atom is -0.337 e. The van der Waals surface area contributed by atoms with Crippen molar-refractivity contribution in [2.45, 2.75) is 65.1 Å². The average molecular weight is 269 g/mol. The van der Waals surface area contributed by atoms with E-state index in [4.69, 9.17) is 5.73 Å². The molecular formula is C15H31N3O. The highest BCUT2D eigenvalue weighted by atomic mass is 16.2. The Balaban J connectivity index is 2.69. The molecule has 0 saturated carbocycles. The topological polar surface area (TPSA) is 49.6 Å². The molecule has 1 fully saturated rings. The zero-order chi connectivity index (χ0) is 14.6. The fraction of sp³-hybridized carbons (Fsp3) is 0.933. The third-order valence-electron chi connectivity index (χ3n) is 4.24. The molecule has 0 spiro atoms. The Kier molecular flexibility index (Phi) is 6.27. The van der Waals surface area contributed by atoms with E-state index in [1.54, 1.807) is 0 Å². The Morgan fingerprint density at radius 2 is 1.95 bits per heavy atom. The summed E-state index contributed by atoms with van der Waals surface area (Å²) in [6.45, 7) is 10.1. The third-order valence-corrected chi connectivity index (χ3v) is 4.24. The summed E-state index contributed by atoms with van der Waals surface area (Å²) in [4.78, 5) is 16.8. The standard InChI is InChI=1S/C15H31N3O/c1-11(2)14(16)15(19)18(12(3)4)10-13-8-6-7-9-17(13)5/h11-14H,6-10,16H2,1-5H3. The summed E-state index contributed by atoms with van der Waals surface area (Å²) in [6, 6.07) is 0.323. The lowest BCUT2D eigenvalue weighted by atomic mass is 9.99. The minimum absolute atomic E-state index is 0.101. The Morgan fingerprint density at radius 3 is 2.42 bits per heavy atom. The molecule has 1 saturated heterocycles. The molecule has 1 heterocycles. The van der Waals surface area contributed by atoms with Crippen LogP contribution in [-0.4, -0.2) is 54.0 Å². The highest BCUT2D eigenvalue weighted by molar-refractivity contribution is 5.82. The maximum atomic E-state index is 12.5. The lowest BCUT2D eigenvalue weighted by molar-refractivity contribution is -0.136. The van der Waals surface area contributed by atoms with E-state index >= 15 is 0 Å². The van der Waals surface area contributed by atoms with Crippen molar-refractivity contribution < 1.29 is 4.79 Å². The van der Waals surface area contributed by atoms with Gasteiger partial charge in [-0.3, -0.25) is 4.79 Å². The summed E-state index contributed by atoms with van der Waals surface area (Å²) in [5, 5.41) is 0. The maximum absolute atomic E-state index is 12.5. The summed E-state index contributed by atoms with van der Waals surface area (Å²) in [7, 11) is 2.16. The van der Waals surface area contributed by atoms with Gasteiger partial charge in [0.05, 0.1) is 6.04 Å². The molecular weight excluding hydrogens is 238 g/mol. The first-order chi connectivity index (χ1) is 8.84. The highest BCUT2D eigenvalue weighted by Gasteiger charge is 2.29. The van der Waals surface area contributed by atoms with Crippen LogP contribution >= 0.6 is 0 Å². The van der Waals surface area contributed by atoms with Crippen LogP contribution in [0.25, 0.3) is 0 Å². The molecule has 0 aromatic heterocycles. The van der Waals surface area contributed by atoms with Gasteiger partial charge in [-0.2, -0.15) is 0 Å². The van der Waals surface area contributed by atoms with Gasteiger partial charge in [0.25, 0.3) is 0 Å². The Bertz CT molecular complexity index is 291. The van der Waals surface area contributed by atoms with E-state index in [9.17, 15) is 4.79 Å². The Morgan fingerprint density at radius 1 is 1.32 bits per heavy atom. The predicted octanol–water partition coefficient (Wildman–Crippen LogP) is 1.69. The molecule has 112 valence electrons. The van der Waals surface area contributed by atoms with Crippen LogP contribution in [0.3, 0.4) is 0 Å². The van der Waals surface area contributed by atoms with E-state index in [1.807, 2.05) is 18.7 Å². The molecule has 4 nitrogen and oxygen atoms in total. The van der Waals surface area contributed by atoms with Crippen molar-refractivity contribution in [1.82, 2.24) is 9.80 Å². The monoisotopic (exact) mass is 269 g/mol. The number of amides is 1. The number of hydrogen-bond acceptors (Lipinski definition) is 3. The van der Waals surface area contributed by atoms with E-state index < -0.39 is 0 Å². The number of nitrogens with two attached hydrogens (primary N) is 1. The molecule has 0 bridgehead atoms. The largest absolute Gasteiger partial charge is 0.337 e. The molecule has 19 heavy (non-hydrogen) atoms. The normalized spacial score (nSPS) is 22.8. The molecule has 1 rings (SSSR count). The van der Waals surface area contributed by atoms with Crippen molar-refractivity contribution in [2.24, 2.45) is 11.7 Å². The molecule has 1 aliphatic heterocycles. The number of likely N-dealkylation sites (N-methyl/N-ethyl adjacent to an activating group) is 1. The van der Waals surface area contributed by atoms with Crippen LogP contribution in [0, 0.1) is 5.92 Å². The van der Waals surface area contributed by atoms with Crippen LogP contribution in [0.4, 0.5) is 0 Å². The van der Waals surface area contributed by atoms with Gasteiger partial charge in [-0.1, -0.05) is 20.3 Å². The van der Waals surface area contributed by atoms with Crippen molar-refractivity contribution >= 4 is 5.91 Å². The van der Waals surface area contributed by atoms with E-state index in [2.05, 4.69) is 25.8 Å². The number of likely N-dealkylation sites (tertiary alicyclic amines) is 1. The van der Waals surface area contributed by atoms with E-state index in [0.29, 0.717) is 6.04 Å². The molecule has 1 amide bonds. The second-order valence-electron chi connectivity index (χ2n) is 6.48. The van der Waals surface area contributed by atoms with E-state index in [0.717, 1.165) is 13.1 Å². The third kappa shape index (κ3) is 4.46. The first kappa shape index (κ1) is 16.4. The van der Waals surface area contributed by atoms with Gasteiger partial charge in [0.2, 0.25) is 5.91 Å². The molecule has 4 heteroatoms. The number of carbonyl (C=O) groups is 1. The molecule has 2 atom stereocenters. The van der Waals surface area contributed by atoms with Crippen molar-refractivity contribution in [3.05, 3.63) is 0 Å². The number of carbonyl (C=O) groups excluding carboxylic acids is 1. The van der Waals surface area contributed by atoms with Gasteiger partial charge < -0.3 is 15.5 Å². The van der Waals surface area contributed by atoms with Gasteiger partial charge in [-0.15, -0.1) is 0 Å². The molecule has 0 radical (unpaired) electrons. The maximum Gasteiger partial charge on any atom is 0.240 e. The fourth-order valence-corrected chi connectivity index (χ4v) is 2.63. The van der Waals surface area contributed by atoms with Crippen LogP contribution in [-0.2, 0) is 4.79 Å². The van der Waals surface area contributed by atoms with Gasteiger partial charge in [0.1, 0.15) is 0 Å². The lowest BCUT2D eigenvalue weighted by Crippen LogP contribution is -2.54. The van der Waals surface area contributed by atoms with Crippen molar-refractivity contribution in [2.75, 3.05) is 20.1 Å². The molecule has 0 aliphatic carbocycles. The first-order valence-corrected chi connectivity index (χ1v) is 7.61. The summed E-state index contributed by atoms with van der Waals surface area (Å²) >= 11 is 0. The first-order valence-electron chi connectivity index (χ1n) is 7.61. The molecule has 2 unspecified atom stereocenters. The van der Waals surface area contributed by atoms with Crippen LogP contribution in [0.15, 0.2) is 0 Å². The highest BCUT2D eigenvalue weighted by Crippen LogP contribution is 2.18. The predicted molar refractivity (Wildman–Crippen MR) is 79.9 cm³/mol. The summed E-state index contributed by atoms with van der Waals surface area (Å²) in [5.41, 5.74) is 6.03. The summed E-state index contributed by atoms with van der Waals surface area (Å²) in [5.74, 6) is 0.293. The SMILES string of the molecule is CC(C)C(N)C(=O)N(CC1CCCCN1C)C(C)C. The van der Waals surface area contributed by atoms with Gasteiger partial charge in [-0.05, 0) is 46.2 Å². The van der Waals surface area contributed by atoms with Crippen LogP contribution in [0.5, 0.6) is 0 Å². The smallest absolute Gasteiger partial charge is 0.240 e. The zero-order valence-corrected chi connectivity index (χ0v) is 13.2. The van der Waals surface area contributed by atoms with Gasteiger partial charge in [0.15, 0.2) is 0 Å². The van der Waals surface area contributed by atoms with E-state index in [-0.39, 0.29) is 23.9 Å². The lowest BCUT2D eigenvalue weighted by Gasteiger charge is -2.39. The quantitative estimate of drug-likeness (QED) is 0.826. The fourth-order valence-electron chi connectivity index (χ4n) is 2.63. The summed E-state index contributed by atoms with van der Waals surface area (Å²) < 4.78 is 0. The minimum atomic E-state index is -0.378. The molecule has 1 aliphatic rings. The average Bonchev–Trinajstić information content (AvgIpc) is 2.35. The van der Waals surface area contributed by atoms with Crippen LogP contribution < -0.4 is 5.73 Å². The Labute approximate surface area is 118 Å². The second kappa shape index (κ2) is 7.25. The number of hydrogen-bond donors (Lipinski definition) is 1. The van der Waals surface area contributed by atoms with Crippen molar-refractivity contribution in [3.8, 4) is 0 Å². The van der Waals surface area contributed by atoms with Crippen molar-refractivity contribution in [3.63, 3.8) is 0 Å². The summed E-state index contributed by atoms with van der Waals surface area (Å²) in [6.07, 6.45) is 3.73. The molecule has 0 aromatic rings. The Hall–Kier alpha value is -0.610. The number of rotatable bonds is 5. The molecule has 2 N–H and O–H groups in total. The van der Waals surface area contributed by atoms with E-state index in [1.165, 1.54) is 19.3 Å². The van der Waals surface area contributed by atoms with Crippen molar-refractivity contribution in [1.29, 1.82) is 0 Å². The van der Waals surface area contributed by atoms with Crippen LogP contribution in [0.1, 0.15) is 47.0 Å². The van der Waals surface area contributed by atoms with Gasteiger partial charge in [0, 0.05) is 18.6 Å². The van der Waals surface area contributed by atoms with Gasteiger partial charge >= 0.3 is 0 Å².